The van der Waals surface area contributed by atoms with Gasteiger partial charge < -0.3 is 9.47 Å². The van der Waals surface area contributed by atoms with Crippen LogP contribution in [0.5, 0.6) is 11.5 Å². The van der Waals surface area contributed by atoms with Gasteiger partial charge in [-0.3, -0.25) is 4.79 Å². The number of benzene rings is 3. The van der Waals surface area contributed by atoms with E-state index >= 15 is 0 Å². The molecule has 0 N–H and O–H groups in total. The lowest BCUT2D eigenvalue weighted by Gasteiger charge is -2.10. The third-order valence-corrected chi connectivity index (χ3v) is 4.66. The quantitative estimate of drug-likeness (QED) is 0.205. The van der Waals surface area contributed by atoms with Crippen LogP contribution in [-0.4, -0.2) is 5.78 Å². The van der Waals surface area contributed by atoms with Gasteiger partial charge in [0.1, 0.15) is 18.1 Å². The topological polar surface area (TPSA) is 35.5 Å². The SMILES string of the molecule is O=C1C(=CC=Cc2ccccc2)Oc2cc(OCc3c(F)c(F)c(F)c(F)c3F)ccc21. The van der Waals surface area contributed by atoms with Crippen LogP contribution in [0.1, 0.15) is 21.5 Å². The Morgan fingerprint density at radius 3 is 2.19 bits per heavy atom. The molecule has 162 valence electrons. The van der Waals surface area contributed by atoms with Crippen molar-refractivity contribution in [3.05, 3.63) is 112 Å². The number of allylic oxidation sites excluding steroid dienone is 3. The van der Waals surface area contributed by atoms with Crippen molar-refractivity contribution >= 4 is 11.9 Å². The van der Waals surface area contributed by atoms with E-state index in [1.807, 2.05) is 30.3 Å². The normalized spacial score (nSPS) is 14.2. The Hall–Kier alpha value is -3.94. The van der Waals surface area contributed by atoms with Crippen molar-refractivity contribution in [2.24, 2.45) is 0 Å². The maximum absolute atomic E-state index is 13.8. The van der Waals surface area contributed by atoms with Crippen LogP contribution in [0.3, 0.4) is 0 Å². The lowest BCUT2D eigenvalue weighted by molar-refractivity contribution is 0.101. The van der Waals surface area contributed by atoms with Crippen LogP contribution in [-0.2, 0) is 6.61 Å². The van der Waals surface area contributed by atoms with Crippen molar-refractivity contribution < 1.29 is 36.2 Å². The molecule has 0 amide bonds. The summed E-state index contributed by atoms with van der Waals surface area (Å²) in [6.45, 7) is -0.916. The molecule has 32 heavy (non-hydrogen) atoms. The van der Waals surface area contributed by atoms with E-state index in [1.165, 1.54) is 24.3 Å². The van der Waals surface area contributed by atoms with Crippen LogP contribution in [0.15, 0.2) is 66.4 Å². The maximum Gasteiger partial charge on any atom is 0.231 e. The number of ether oxygens (including phenoxy) is 2. The van der Waals surface area contributed by atoms with Gasteiger partial charge in [0, 0.05) is 6.07 Å². The fraction of sp³-hybridized carbons (Fsp3) is 0.0417. The molecule has 0 bridgehead atoms. The van der Waals surface area contributed by atoms with E-state index in [2.05, 4.69) is 0 Å². The third-order valence-electron chi connectivity index (χ3n) is 4.66. The summed E-state index contributed by atoms with van der Waals surface area (Å²) < 4.78 is 78.0. The molecule has 1 aliphatic heterocycles. The Labute approximate surface area is 179 Å². The molecule has 1 aliphatic rings. The Morgan fingerprint density at radius 2 is 1.50 bits per heavy atom. The van der Waals surface area contributed by atoms with Crippen LogP contribution in [0.4, 0.5) is 22.0 Å². The summed E-state index contributed by atoms with van der Waals surface area (Å²) in [6, 6.07) is 13.4. The molecule has 0 spiro atoms. The van der Waals surface area contributed by atoms with Gasteiger partial charge in [0.25, 0.3) is 0 Å². The van der Waals surface area contributed by atoms with Crippen LogP contribution in [0.25, 0.3) is 6.08 Å². The molecular formula is C24H13F5O3. The summed E-state index contributed by atoms with van der Waals surface area (Å²) in [7, 11) is 0. The average Bonchev–Trinajstić information content (AvgIpc) is 3.12. The number of carbonyl (C=O) groups is 1. The molecule has 4 rings (SSSR count). The van der Waals surface area contributed by atoms with Crippen molar-refractivity contribution in [2.75, 3.05) is 0 Å². The molecule has 0 saturated heterocycles. The molecule has 0 atom stereocenters. The van der Waals surface area contributed by atoms with E-state index in [-0.39, 0.29) is 28.6 Å². The molecule has 3 aromatic rings. The highest BCUT2D eigenvalue weighted by atomic mass is 19.2. The fourth-order valence-electron chi connectivity index (χ4n) is 3.02. The summed E-state index contributed by atoms with van der Waals surface area (Å²) in [5.41, 5.74) is 0.0644. The Morgan fingerprint density at radius 1 is 0.844 bits per heavy atom. The number of fused-ring (bicyclic) bond motifs is 1. The highest BCUT2D eigenvalue weighted by molar-refractivity contribution is 6.12. The van der Waals surface area contributed by atoms with Crippen molar-refractivity contribution in [2.45, 2.75) is 6.61 Å². The van der Waals surface area contributed by atoms with Gasteiger partial charge in [-0.05, 0) is 23.8 Å². The number of ketones is 1. The van der Waals surface area contributed by atoms with Gasteiger partial charge in [-0.25, -0.2) is 22.0 Å². The number of hydrogen-bond acceptors (Lipinski definition) is 3. The first-order valence-corrected chi connectivity index (χ1v) is 9.30. The Bertz CT molecular complexity index is 1240. The molecule has 0 unspecified atom stereocenters. The van der Waals surface area contributed by atoms with E-state index in [4.69, 9.17) is 9.47 Å². The zero-order valence-electron chi connectivity index (χ0n) is 16.2. The Kier molecular flexibility index (Phi) is 5.77. The number of hydrogen-bond donors (Lipinski definition) is 0. The van der Waals surface area contributed by atoms with Gasteiger partial charge in [-0.1, -0.05) is 42.5 Å². The van der Waals surface area contributed by atoms with Crippen molar-refractivity contribution in [3.8, 4) is 11.5 Å². The van der Waals surface area contributed by atoms with E-state index in [9.17, 15) is 26.7 Å². The molecule has 0 aliphatic carbocycles. The molecule has 8 heteroatoms. The second-order valence-corrected chi connectivity index (χ2v) is 6.73. The van der Waals surface area contributed by atoms with Crippen molar-refractivity contribution in [3.63, 3.8) is 0 Å². The summed E-state index contributed by atoms with van der Waals surface area (Å²) in [5, 5.41) is 0. The van der Waals surface area contributed by atoms with E-state index < -0.39 is 41.3 Å². The zero-order valence-corrected chi connectivity index (χ0v) is 16.2. The molecule has 0 saturated carbocycles. The second kappa shape index (κ2) is 8.66. The first-order valence-electron chi connectivity index (χ1n) is 9.30. The minimum Gasteiger partial charge on any atom is -0.489 e. The van der Waals surface area contributed by atoms with Gasteiger partial charge in [0.2, 0.25) is 11.6 Å². The maximum atomic E-state index is 13.8. The predicted molar refractivity (Wildman–Crippen MR) is 106 cm³/mol. The lowest BCUT2D eigenvalue weighted by Crippen LogP contribution is -2.09. The van der Waals surface area contributed by atoms with Gasteiger partial charge in [-0.2, -0.15) is 0 Å². The second-order valence-electron chi connectivity index (χ2n) is 6.73. The van der Waals surface area contributed by atoms with Crippen LogP contribution in [0, 0.1) is 29.1 Å². The van der Waals surface area contributed by atoms with E-state index in [0.29, 0.717) is 0 Å². The molecule has 3 nitrogen and oxygen atoms in total. The van der Waals surface area contributed by atoms with Crippen LogP contribution < -0.4 is 9.47 Å². The van der Waals surface area contributed by atoms with E-state index in [0.717, 1.165) is 5.56 Å². The van der Waals surface area contributed by atoms with Crippen molar-refractivity contribution in [1.82, 2.24) is 0 Å². The third kappa shape index (κ3) is 3.99. The Balaban J connectivity index is 1.50. The fourth-order valence-corrected chi connectivity index (χ4v) is 3.02. The molecule has 0 radical (unpaired) electrons. The highest BCUT2D eigenvalue weighted by Gasteiger charge is 2.28. The average molecular weight is 444 g/mol. The zero-order chi connectivity index (χ0) is 22.8. The summed E-state index contributed by atoms with van der Waals surface area (Å²) in [4.78, 5) is 12.4. The summed E-state index contributed by atoms with van der Waals surface area (Å²) in [6.07, 6.45) is 4.92. The first-order chi connectivity index (χ1) is 15.4. The van der Waals surface area contributed by atoms with Gasteiger partial charge in [0.05, 0.1) is 11.1 Å². The largest absolute Gasteiger partial charge is 0.489 e. The van der Waals surface area contributed by atoms with Gasteiger partial charge >= 0.3 is 0 Å². The minimum atomic E-state index is -2.24. The smallest absolute Gasteiger partial charge is 0.231 e. The number of carbonyl (C=O) groups excluding carboxylic acids is 1. The highest BCUT2D eigenvalue weighted by Crippen LogP contribution is 2.34. The van der Waals surface area contributed by atoms with Gasteiger partial charge in [0.15, 0.2) is 29.0 Å². The van der Waals surface area contributed by atoms with Crippen molar-refractivity contribution in [1.29, 1.82) is 0 Å². The standard InChI is InChI=1S/C24H13F5O3/c25-19-16(20(26)22(28)23(29)21(19)27)12-31-14-9-10-15-18(11-14)32-17(24(15)30)8-4-7-13-5-2-1-3-6-13/h1-11H,12H2. The first kappa shape index (κ1) is 21.3. The molecule has 1 heterocycles. The lowest BCUT2D eigenvalue weighted by atomic mass is 10.1. The van der Waals surface area contributed by atoms with Crippen LogP contribution in [0.2, 0.25) is 0 Å². The molecule has 0 aromatic heterocycles. The summed E-state index contributed by atoms with van der Waals surface area (Å²) in [5.74, 6) is -10.4. The molecule has 3 aromatic carbocycles. The number of Topliss-reactive ketones (excluding diaryl/α,β-unsaturated/α-hetero) is 1. The number of rotatable bonds is 5. The molecule has 0 fully saturated rings. The summed E-state index contributed by atoms with van der Waals surface area (Å²) >= 11 is 0. The monoisotopic (exact) mass is 444 g/mol. The van der Waals surface area contributed by atoms with Crippen LogP contribution >= 0.6 is 0 Å². The van der Waals surface area contributed by atoms with Gasteiger partial charge in [-0.15, -0.1) is 0 Å². The number of halogens is 5. The minimum absolute atomic E-state index is 0.0153. The molecular weight excluding hydrogens is 431 g/mol. The van der Waals surface area contributed by atoms with E-state index in [1.54, 1.807) is 12.2 Å². The predicted octanol–water partition coefficient (Wildman–Crippen LogP) is 6.13.